The van der Waals surface area contributed by atoms with Crippen LogP contribution in [0.3, 0.4) is 0 Å². The highest BCUT2D eigenvalue weighted by atomic mass is 35.5. The predicted molar refractivity (Wildman–Crippen MR) is 92.2 cm³/mol. The number of hydrogen-bond acceptors (Lipinski definition) is 3. The molecule has 1 atom stereocenters. The molecule has 0 fully saturated rings. The van der Waals surface area contributed by atoms with Gasteiger partial charge in [0.2, 0.25) is 0 Å². The van der Waals surface area contributed by atoms with Crippen LogP contribution in [0.25, 0.3) is 0 Å². The highest BCUT2D eigenvalue weighted by Crippen LogP contribution is 2.35. The van der Waals surface area contributed by atoms with E-state index in [-0.39, 0.29) is 12.4 Å². The highest BCUT2D eigenvalue weighted by Gasteiger charge is 2.47. The Bertz CT molecular complexity index is 843. The van der Waals surface area contributed by atoms with Gasteiger partial charge in [-0.2, -0.15) is 0 Å². The number of amides is 2. The Balaban J connectivity index is 1.68. The molecule has 1 unspecified atom stereocenters. The molecule has 1 aliphatic rings. The summed E-state index contributed by atoms with van der Waals surface area (Å²) in [6.45, 7) is 1.57. The van der Waals surface area contributed by atoms with Gasteiger partial charge in [0, 0.05) is 11.6 Å². The zero-order chi connectivity index (χ0) is 18.0. The number of benzene rings is 2. The first-order valence-corrected chi connectivity index (χ1v) is 8.09. The average molecular weight is 363 g/mol. The third kappa shape index (κ3) is 3.44. The molecule has 2 N–H and O–H groups in total. The number of ether oxygens (including phenoxy) is 1. The van der Waals surface area contributed by atoms with Gasteiger partial charge in [0.25, 0.3) is 17.4 Å². The first kappa shape index (κ1) is 17.2. The van der Waals surface area contributed by atoms with Crippen molar-refractivity contribution in [3.8, 4) is 5.75 Å². The number of nitrogens with one attached hydrogen (secondary N) is 2. The molecule has 2 amide bonds. The first-order chi connectivity index (χ1) is 11.9. The van der Waals surface area contributed by atoms with Crippen molar-refractivity contribution in [2.24, 2.45) is 0 Å². The molecule has 7 heteroatoms. The molecule has 0 saturated carbocycles. The average Bonchev–Trinajstić information content (AvgIpc) is 2.58. The van der Waals surface area contributed by atoms with Gasteiger partial charge >= 0.3 is 0 Å². The minimum absolute atomic E-state index is 0.180. The van der Waals surface area contributed by atoms with Crippen LogP contribution in [-0.2, 0) is 16.0 Å². The zero-order valence-corrected chi connectivity index (χ0v) is 14.2. The van der Waals surface area contributed by atoms with Crippen LogP contribution in [0.5, 0.6) is 5.75 Å². The standard InChI is InChI=1S/C18H16ClFN2O3/c1-18(16(23)21-9-8-11-4-2-3-5-13(11)20)17(24)22-14-10-12(19)6-7-15(14)25-18/h2-7,10H,8-9H2,1H3,(H,21,23)(H,22,24). The van der Waals surface area contributed by atoms with Crippen LogP contribution in [0.4, 0.5) is 10.1 Å². The van der Waals surface area contributed by atoms with Gasteiger partial charge in [-0.15, -0.1) is 0 Å². The quantitative estimate of drug-likeness (QED) is 0.822. The smallest absolute Gasteiger partial charge is 0.278 e. The molecule has 3 rings (SSSR count). The van der Waals surface area contributed by atoms with Crippen molar-refractivity contribution in [1.82, 2.24) is 5.32 Å². The predicted octanol–water partition coefficient (Wildman–Crippen LogP) is 2.93. The molecule has 0 aliphatic carbocycles. The van der Waals surface area contributed by atoms with Crippen LogP contribution >= 0.6 is 11.6 Å². The van der Waals surface area contributed by atoms with Crippen molar-refractivity contribution in [2.75, 3.05) is 11.9 Å². The summed E-state index contributed by atoms with van der Waals surface area (Å²) in [6.07, 6.45) is 0.308. The molecule has 25 heavy (non-hydrogen) atoms. The maximum Gasteiger partial charge on any atom is 0.278 e. The third-order valence-electron chi connectivity index (χ3n) is 4.01. The summed E-state index contributed by atoms with van der Waals surface area (Å²) in [5.74, 6) is -1.16. The highest BCUT2D eigenvalue weighted by molar-refractivity contribution is 6.31. The molecule has 5 nitrogen and oxygen atoms in total. The van der Waals surface area contributed by atoms with Crippen LogP contribution < -0.4 is 15.4 Å². The van der Waals surface area contributed by atoms with Gasteiger partial charge in [0.15, 0.2) is 0 Å². The Hall–Kier alpha value is -2.60. The molecule has 0 saturated heterocycles. The van der Waals surface area contributed by atoms with E-state index in [4.69, 9.17) is 16.3 Å². The fourth-order valence-corrected chi connectivity index (χ4v) is 2.70. The number of fused-ring (bicyclic) bond motifs is 1. The summed E-state index contributed by atoms with van der Waals surface area (Å²) in [5, 5.41) is 5.69. The number of halogens is 2. The lowest BCUT2D eigenvalue weighted by Crippen LogP contribution is -2.58. The van der Waals surface area contributed by atoms with Gasteiger partial charge in [0.1, 0.15) is 11.6 Å². The van der Waals surface area contributed by atoms with Gasteiger partial charge < -0.3 is 15.4 Å². The Morgan fingerprint density at radius 1 is 1.32 bits per heavy atom. The number of rotatable bonds is 4. The topological polar surface area (TPSA) is 67.4 Å². The van der Waals surface area contributed by atoms with E-state index >= 15 is 0 Å². The van der Waals surface area contributed by atoms with Crippen molar-refractivity contribution < 1.29 is 18.7 Å². The number of carbonyl (C=O) groups is 2. The Morgan fingerprint density at radius 3 is 2.84 bits per heavy atom. The second-order valence-electron chi connectivity index (χ2n) is 5.83. The van der Waals surface area contributed by atoms with E-state index < -0.39 is 17.4 Å². The van der Waals surface area contributed by atoms with E-state index in [1.165, 1.54) is 13.0 Å². The Labute approximate surface area is 149 Å². The van der Waals surface area contributed by atoms with E-state index in [0.717, 1.165) is 0 Å². The molecular formula is C18H16ClFN2O3. The fraction of sp³-hybridized carbons (Fsp3) is 0.222. The first-order valence-electron chi connectivity index (χ1n) is 7.72. The molecule has 1 heterocycles. The maximum atomic E-state index is 13.6. The van der Waals surface area contributed by atoms with Crippen molar-refractivity contribution in [3.63, 3.8) is 0 Å². The van der Waals surface area contributed by atoms with E-state index in [2.05, 4.69) is 10.6 Å². The fourth-order valence-electron chi connectivity index (χ4n) is 2.53. The van der Waals surface area contributed by atoms with Crippen molar-refractivity contribution in [1.29, 1.82) is 0 Å². The van der Waals surface area contributed by atoms with Crippen molar-refractivity contribution >= 4 is 29.1 Å². The van der Waals surface area contributed by atoms with E-state index in [0.29, 0.717) is 28.4 Å². The lowest BCUT2D eigenvalue weighted by molar-refractivity contribution is -0.146. The minimum atomic E-state index is -1.71. The molecule has 2 aromatic rings. The number of anilines is 1. The largest absolute Gasteiger partial charge is 0.466 e. The van der Waals surface area contributed by atoms with Crippen LogP contribution in [0.1, 0.15) is 12.5 Å². The van der Waals surface area contributed by atoms with Crippen LogP contribution in [0.2, 0.25) is 5.02 Å². The summed E-state index contributed by atoms with van der Waals surface area (Å²) in [4.78, 5) is 24.8. The zero-order valence-electron chi connectivity index (χ0n) is 13.4. The van der Waals surface area contributed by atoms with Crippen LogP contribution in [-0.4, -0.2) is 24.0 Å². The Morgan fingerprint density at radius 2 is 2.08 bits per heavy atom. The van der Waals surface area contributed by atoms with Gasteiger partial charge in [-0.1, -0.05) is 29.8 Å². The van der Waals surface area contributed by atoms with Crippen LogP contribution in [0.15, 0.2) is 42.5 Å². The lowest BCUT2D eigenvalue weighted by atomic mass is 10.0. The number of carbonyl (C=O) groups excluding carboxylic acids is 2. The van der Waals surface area contributed by atoms with Gasteiger partial charge in [-0.3, -0.25) is 9.59 Å². The normalized spacial score (nSPS) is 18.8. The molecular weight excluding hydrogens is 347 g/mol. The van der Waals surface area contributed by atoms with Crippen LogP contribution in [0, 0.1) is 5.82 Å². The lowest BCUT2D eigenvalue weighted by Gasteiger charge is -2.33. The Kier molecular flexibility index (Phi) is 4.63. The second kappa shape index (κ2) is 6.72. The van der Waals surface area contributed by atoms with Crippen molar-refractivity contribution in [2.45, 2.75) is 18.9 Å². The van der Waals surface area contributed by atoms with E-state index in [1.807, 2.05) is 0 Å². The maximum absolute atomic E-state index is 13.6. The van der Waals surface area contributed by atoms with Gasteiger partial charge in [-0.05, 0) is 43.2 Å². The summed E-state index contributed by atoms with van der Waals surface area (Å²) < 4.78 is 19.2. The SMILES string of the molecule is CC1(C(=O)NCCc2ccccc2F)Oc2ccc(Cl)cc2NC1=O. The summed E-state index contributed by atoms with van der Waals surface area (Å²) in [7, 11) is 0. The molecule has 0 spiro atoms. The van der Waals surface area contributed by atoms with Crippen molar-refractivity contribution in [3.05, 3.63) is 58.9 Å². The second-order valence-corrected chi connectivity index (χ2v) is 6.26. The molecule has 1 aliphatic heterocycles. The molecule has 130 valence electrons. The van der Waals surface area contributed by atoms with E-state index in [1.54, 1.807) is 36.4 Å². The molecule has 0 radical (unpaired) electrons. The monoisotopic (exact) mass is 362 g/mol. The summed E-state index contributed by atoms with van der Waals surface area (Å²) >= 11 is 5.88. The minimum Gasteiger partial charge on any atom is -0.466 e. The third-order valence-corrected chi connectivity index (χ3v) is 4.24. The van der Waals surface area contributed by atoms with E-state index in [9.17, 15) is 14.0 Å². The van der Waals surface area contributed by atoms with Gasteiger partial charge in [-0.25, -0.2) is 4.39 Å². The summed E-state index contributed by atoms with van der Waals surface area (Å²) in [5.41, 5.74) is -0.813. The molecule has 0 aromatic heterocycles. The molecule has 2 aromatic carbocycles. The summed E-state index contributed by atoms with van der Waals surface area (Å²) in [6, 6.07) is 11.1. The van der Waals surface area contributed by atoms with Gasteiger partial charge in [0.05, 0.1) is 5.69 Å². The molecule has 0 bridgehead atoms. The number of hydrogen-bond donors (Lipinski definition) is 2.